The van der Waals surface area contributed by atoms with Crippen LogP contribution in [0.25, 0.3) is 0 Å². The van der Waals surface area contributed by atoms with Gasteiger partial charge >= 0.3 is 5.97 Å². The third-order valence-corrected chi connectivity index (χ3v) is 5.11. The molecule has 0 bridgehead atoms. The SMILES string of the molecule is O=C[C@H](CC(=O)O)N(CC1CCCC1)C(=O)CCC(=O)N1CCOCC1. The average Bonchev–Trinajstić information content (AvgIpc) is 3.16. The number of rotatable bonds is 9. The van der Waals surface area contributed by atoms with Gasteiger partial charge in [-0.25, -0.2) is 0 Å². The van der Waals surface area contributed by atoms with Crippen molar-refractivity contribution in [1.82, 2.24) is 9.80 Å². The minimum Gasteiger partial charge on any atom is -0.481 e. The van der Waals surface area contributed by atoms with Crippen LogP contribution >= 0.6 is 0 Å². The highest BCUT2D eigenvalue weighted by Gasteiger charge is 2.29. The lowest BCUT2D eigenvalue weighted by molar-refractivity contribution is -0.145. The second-order valence-electron chi connectivity index (χ2n) is 6.99. The maximum absolute atomic E-state index is 12.7. The lowest BCUT2D eigenvalue weighted by Gasteiger charge is -2.31. The molecule has 2 amide bonds. The first kappa shape index (κ1) is 20.4. The summed E-state index contributed by atoms with van der Waals surface area (Å²) in [5.74, 6) is -1.25. The molecular weight excluding hydrogens is 340 g/mol. The van der Waals surface area contributed by atoms with Gasteiger partial charge in [-0.15, -0.1) is 0 Å². The topological polar surface area (TPSA) is 104 Å². The van der Waals surface area contributed by atoms with Crippen LogP contribution in [0.1, 0.15) is 44.9 Å². The van der Waals surface area contributed by atoms with E-state index in [-0.39, 0.29) is 24.7 Å². The molecule has 8 nitrogen and oxygen atoms in total. The van der Waals surface area contributed by atoms with E-state index in [9.17, 15) is 19.2 Å². The number of hydrogen-bond acceptors (Lipinski definition) is 5. The number of carbonyl (C=O) groups excluding carboxylic acids is 3. The zero-order valence-corrected chi connectivity index (χ0v) is 15.1. The number of aldehydes is 1. The fourth-order valence-electron chi connectivity index (χ4n) is 3.63. The highest BCUT2D eigenvalue weighted by molar-refractivity contribution is 5.86. The maximum Gasteiger partial charge on any atom is 0.305 e. The molecule has 0 aromatic carbocycles. The summed E-state index contributed by atoms with van der Waals surface area (Å²) in [6.07, 6.45) is 4.33. The van der Waals surface area contributed by atoms with Gasteiger partial charge in [-0.1, -0.05) is 12.8 Å². The fourth-order valence-corrected chi connectivity index (χ4v) is 3.63. The van der Waals surface area contributed by atoms with E-state index in [1.165, 1.54) is 4.90 Å². The molecule has 1 N–H and O–H groups in total. The molecule has 1 aliphatic carbocycles. The van der Waals surface area contributed by atoms with Gasteiger partial charge in [0.1, 0.15) is 6.29 Å². The monoisotopic (exact) mass is 368 g/mol. The Morgan fingerprint density at radius 1 is 1.15 bits per heavy atom. The molecule has 146 valence electrons. The van der Waals surface area contributed by atoms with Gasteiger partial charge in [-0.05, 0) is 18.8 Å². The van der Waals surface area contributed by atoms with Crippen LogP contribution in [0.5, 0.6) is 0 Å². The van der Waals surface area contributed by atoms with Crippen LogP contribution in [0.2, 0.25) is 0 Å². The standard InChI is InChI=1S/C18H28N2O6/c21-13-15(11-18(24)25)20(12-14-3-1-2-4-14)17(23)6-5-16(22)19-7-9-26-10-8-19/h13-15H,1-12H2,(H,24,25)/t15-/m0/s1. The first-order chi connectivity index (χ1) is 12.5. The van der Waals surface area contributed by atoms with Crippen LogP contribution in [0.3, 0.4) is 0 Å². The summed E-state index contributed by atoms with van der Waals surface area (Å²) < 4.78 is 5.21. The maximum atomic E-state index is 12.7. The Morgan fingerprint density at radius 2 is 1.81 bits per heavy atom. The van der Waals surface area contributed by atoms with Gasteiger partial charge in [0.05, 0.1) is 25.7 Å². The zero-order chi connectivity index (χ0) is 18.9. The first-order valence-electron chi connectivity index (χ1n) is 9.33. The van der Waals surface area contributed by atoms with Gasteiger partial charge in [0.2, 0.25) is 11.8 Å². The molecule has 0 unspecified atom stereocenters. The highest BCUT2D eigenvalue weighted by Crippen LogP contribution is 2.26. The number of carboxylic acid groups (broad SMARTS) is 1. The normalized spacial score (nSPS) is 19.2. The van der Waals surface area contributed by atoms with E-state index in [1.54, 1.807) is 4.90 Å². The fraction of sp³-hybridized carbons (Fsp3) is 0.778. The van der Waals surface area contributed by atoms with Crippen molar-refractivity contribution < 1.29 is 29.0 Å². The second-order valence-corrected chi connectivity index (χ2v) is 6.99. The number of amides is 2. The van der Waals surface area contributed by atoms with Crippen LogP contribution in [-0.4, -0.2) is 77.9 Å². The Morgan fingerprint density at radius 3 is 2.38 bits per heavy atom. The number of carboxylic acids is 1. The van der Waals surface area contributed by atoms with E-state index in [2.05, 4.69) is 0 Å². The molecule has 0 aromatic rings. The predicted octanol–water partition coefficient (Wildman–Crippen LogP) is 0.686. The Hall–Kier alpha value is -1.96. The minimum atomic E-state index is -1.12. The summed E-state index contributed by atoms with van der Waals surface area (Å²) in [6, 6.07) is -0.973. The van der Waals surface area contributed by atoms with Crippen molar-refractivity contribution >= 4 is 24.1 Å². The summed E-state index contributed by atoms with van der Waals surface area (Å²) in [4.78, 5) is 50.4. The molecule has 1 atom stereocenters. The van der Waals surface area contributed by atoms with Crippen molar-refractivity contribution in [2.45, 2.75) is 51.0 Å². The van der Waals surface area contributed by atoms with E-state index in [4.69, 9.17) is 9.84 Å². The van der Waals surface area contributed by atoms with Crippen LogP contribution in [-0.2, 0) is 23.9 Å². The molecule has 8 heteroatoms. The number of ether oxygens (including phenoxy) is 1. The zero-order valence-electron chi connectivity index (χ0n) is 15.1. The van der Waals surface area contributed by atoms with E-state index >= 15 is 0 Å². The predicted molar refractivity (Wildman–Crippen MR) is 92.4 cm³/mol. The van der Waals surface area contributed by atoms with Crippen LogP contribution in [0.4, 0.5) is 0 Å². The van der Waals surface area contributed by atoms with Crippen molar-refractivity contribution in [3.05, 3.63) is 0 Å². The Bertz CT molecular complexity index is 512. The van der Waals surface area contributed by atoms with Gasteiger partial charge in [0.15, 0.2) is 0 Å². The van der Waals surface area contributed by atoms with Gasteiger partial charge in [0, 0.05) is 32.5 Å². The van der Waals surface area contributed by atoms with Crippen molar-refractivity contribution in [1.29, 1.82) is 0 Å². The lowest BCUT2D eigenvalue weighted by atomic mass is 10.0. The molecule has 0 aromatic heterocycles. The first-order valence-corrected chi connectivity index (χ1v) is 9.33. The van der Waals surface area contributed by atoms with Crippen LogP contribution in [0, 0.1) is 5.92 Å². The highest BCUT2D eigenvalue weighted by atomic mass is 16.5. The summed E-state index contributed by atoms with van der Waals surface area (Å²) in [5.41, 5.74) is 0. The van der Waals surface area contributed by atoms with Gasteiger partial charge in [0.25, 0.3) is 0 Å². The molecule has 1 saturated heterocycles. The Balaban J connectivity index is 1.95. The molecule has 0 radical (unpaired) electrons. The molecule has 1 aliphatic heterocycles. The Labute approximate surface area is 153 Å². The molecule has 2 fully saturated rings. The quantitative estimate of drug-likeness (QED) is 0.601. The molecule has 0 spiro atoms. The van der Waals surface area contributed by atoms with Crippen LogP contribution in [0.15, 0.2) is 0 Å². The van der Waals surface area contributed by atoms with Crippen LogP contribution < -0.4 is 0 Å². The number of nitrogens with zero attached hydrogens (tertiary/aromatic N) is 2. The molecule has 26 heavy (non-hydrogen) atoms. The number of aliphatic carboxylic acids is 1. The minimum absolute atomic E-state index is 0.00707. The molecule has 2 rings (SSSR count). The second kappa shape index (κ2) is 10.3. The number of hydrogen-bond donors (Lipinski definition) is 1. The third kappa shape index (κ3) is 6.09. The van der Waals surface area contributed by atoms with Gasteiger partial charge < -0.3 is 24.4 Å². The van der Waals surface area contributed by atoms with Gasteiger partial charge in [-0.3, -0.25) is 14.4 Å². The van der Waals surface area contributed by atoms with Gasteiger partial charge in [-0.2, -0.15) is 0 Å². The molecule has 1 heterocycles. The van der Waals surface area contributed by atoms with E-state index in [1.807, 2.05) is 0 Å². The Kier molecular flexibility index (Phi) is 8.03. The van der Waals surface area contributed by atoms with E-state index < -0.39 is 18.4 Å². The van der Waals surface area contributed by atoms with Crippen molar-refractivity contribution in [2.24, 2.45) is 5.92 Å². The summed E-state index contributed by atoms with van der Waals surface area (Å²) in [6.45, 7) is 2.43. The largest absolute Gasteiger partial charge is 0.481 e. The van der Waals surface area contributed by atoms with Crippen molar-refractivity contribution in [3.63, 3.8) is 0 Å². The third-order valence-electron chi connectivity index (χ3n) is 5.11. The van der Waals surface area contributed by atoms with E-state index in [0.717, 1.165) is 25.7 Å². The summed E-state index contributed by atoms with van der Waals surface area (Å²) in [7, 11) is 0. The summed E-state index contributed by atoms with van der Waals surface area (Å²) in [5, 5.41) is 9.03. The smallest absolute Gasteiger partial charge is 0.305 e. The summed E-state index contributed by atoms with van der Waals surface area (Å²) >= 11 is 0. The lowest BCUT2D eigenvalue weighted by Crippen LogP contribution is -2.46. The number of morpholine rings is 1. The van der Waals surface area contributed by atoms with Crippen molar-refractivity contribution in [3.8, 4) is 0 Å². The van der Waals surface area contributed by atoms with Crippen molar-refractivity contribution in [2.75, 3.05) is 32.8 Å². The number of carbonyl (C=O) groups is 4. The molecule has 2 aliphatic rings. The average molecular weight is 368 g/mol. The molecule has 1 saturated carbocycles. The molecular formula is C18H28N2O6. The van der Waals surface area contributed by atoms with E-state index in [0.29, 0.717) is 45.1 Å².